The minimum absolute atomic E-state index is 0.0768. The lowest BCUT2D eigenvalue weighted by Crippen LogP contribution is -2.35. The molecule has 2 heterocycles. The summed E-state index contributed by atoms with van der Waals surface area (Å²) in [7, 11) is 3.44. The van der Waals surface area contributed by atoms with Crippen molar-refractivity contribution in [1.29, 1.82) is 0 Å². The molecular formula is C23H29N3O3. The molecule has 1 unspecified atom stereocenters. The van der Waals surface area contributed by atoms with Crippen molar-refractivity contribution in [2.24, 2.45) is 0 Å². The van der Waals surface area contributed by atoms with Crippen LogP contribution in [0.1, 0.15) is 44.2 Å². The zero-order valence-electron chi connectivity index (χ0n) is 17.7. The topological polar surface area (TPSA) is 67.5 Å². The van der Waals surface area contributed by atoms with Gasteiger partial charge in [0, 0.05) is 31.9 Å². The van der Waals surface area contributed by atoms with E-state index in [0.29, 0.717) is 6.54 Å². The van der Waals surface area contributed by atoms with E-state index in [1.165, 1.54) is 5.56 Å². The van der Waals surface area contributed by atoms with Crippen molar-refractivity contribution in [3.8, 4) is 5.75 Å². The highest BCUT2D eigenvalue weighted by molar-refractivity contribution is 5.87. The van der Waals surface area contributed by atoms with Crippen molar-refractivity contribution in [3.05, 3.63) is 59.9 Å². The van der Waals surface area contributed by atoms with E-state index < -0.39 is 5.60 Å². The lowest BCUT2D eigenvalue weighted by atomic mass is 9.88. The Hall–Kier alpha value is -3.02. The number of fused-ring (bicyclic) bond motifs is 1. The molecule has 0 bridgehead atoms. The van der Waals surface area contributed by atoms with Crippen LogP contribution in [-0.4, -0.2) is 47.3 Å². The van der Waals surface area contributed by atoms with Crippen LogP contribution >= 0.6 is 0 Å². The minimum atomic E-state index is -0.514. The molecule has 1 atom stereocenters. The fraction of sp³-hybridized carbons (Fsp3) is 0.391. The van der Waals surface area contributed by atoms with Crippen molar-refractivity contribution in [2.45, 2.75) is 38.7 Å². The number of methoxy groups -OCH3 is 1. The number of benzene rings is 1. The van der Waals surface area contributed by atoms with Crippen LogP contribution in [0, 0.1) is 0 Å². The molecule has 0 saturated carbocycles. The maximum Gasteiger partial charge on any atom is 0.410 e. The number of carbonyl (C=O) groups excluding carboxylic acids is 1. The van der Waals surface area contributed by atoms with Crippen LogP contribution in [0.15, 0.2) is 48.8 Å². The Morgan fingerprint density at radius 3 is 2.59 bits per heavy atom. The summed E-state index contributed by atoms with van der Waals surface area (Å²) in [4.78, 5) is 21.7. The smallest absolute Gasteiger partial charge is 0.410 e. The highest BCUT2D eigenvalue weighted by atomic mass is 16.6. The first kappa shape index (κ1) is 20.7. The Kier molecular flexibility index (Phi) is 6.11. The van der Waals surface area contributed by atoms with Gasteiger partial charge in [-0.05, 0) is 44.4 Å². The van der Waals surface area contributed by atoms with E-state index in [2.05, 4.69) is 22.1 Å². The number of carbonyl (C=O) groups is 1. The van der Waals surface area contributed by atoms with Crippen LogP contribution in [0.25, 0.3) is 11.0 Å². The molecule has 1 amide bonds. The molecule has 29 heavy (non-hydrogen) atoms. The minimum Gasteiger partial charge on any atom is -0.496 e. The summed E-state index contributed by atoms with van der Waals surface area (Å²) < 4.78 is 11.1. The fourth-order valence-electron chi connectivity index (χ4n) is 3.44. The van der Waals surface area contributed by atoms with Crippen molar-refractivity contribution in [2.75, 3.05) is 20.7 Å². The lowest BCUT2D eigenvalue weighted by Gasteiger charge is -2.26. The summed E-state index contributed by atoms with van der Waals surface area (Å²) in [6.07, 6.45) is 4.15. The van der Waals surface area contributed by atoms with E-state index in [4.69, 9.17) is 9.47 Å². The molecule has 1 N–H and O–H groups in total. The molecule has 0 saturated heterocycles. The van der Waals surface area contributed by atoms with Crippen LogP contribution in [-0.2, 0) is 4.74 Å². The van der Waals surface area contributed by atoms with Gasteiger partial charge in [-0.15, -0.1) is 0 Å². The van der Waals surface area contributed by atoms with Gasteiger partial charge in [-0.3, -0.25) is 0 Å². The van der Waals surface area contributed by atoms with Gasteiger partial charge in [-0.1, -0.05) is 30.3 Å². The number of nitrogens with one attached hydrogen (secondary N) is 1. The second-order valence-electron chi connectivity index (χ2n) is 8.13. The number of pyridine rings is 1. The molecule has 2 aromatic heterocycles. The van der Waals surface area contributed by atoms with Crippen LogP contribution in [0.4, 0.5) is 4.79 Å². The summed E-state index contributed by atoms with van der Waals surface area (Å²) in [6, 6.07) is 12.2. The third-order valence-corrected chi connectivity index (χ3v) is 4.82. The van der Waals surface area contributed by atoms with Crippen molar-refractivity contribution >= 4 is 17.1 Å². The molecule has 0 aliphatic rings. The number of amides is 1. The quantitative estimate of drug-likeness (QED) is 0.640. The number of hydrogen-bond acceptors (Lipinski definition) is 4. The molecule has 154 valence electrons. The lowest BCUT2D eigenvalue weighted by molar-refractivity contribution is 0.0295. The van der Waals surface area contributed by atoms with Crippen LogP contribution < -0.4 is 4.74 Å². The summed E-state index contributed by atoms with van der Waals surface area (Å²) in [5.41, 5.74) is 2.56. The first-order valence-corrected chi connectivity index (χ1v) is 9.79. The number of aromatic nitrogens is 2. The van der Waals surface area contributed by atoms with Crippen LogP contribution in [0.2, 0.25) is 0 Å². The number of hydrogen-bond donors (Lipinski definition) is 1. The summed E-state index contributed by atoms with van der Waals surface area (Å²) in [5, 5.41) is 0.976. The molecule has 0 fully saturated rings. The van der Waals surface area contributed by atoms with Crippen molar-refractivity contribution in [1.82, 2.24) is 14.9 Å². The number of ether oxygens (including phenoxy) is 2. The van der Waals surface area contributed by atoms with Gasteiger partial charge in [0.15, 0.2) is 0 Å². The van der Waals surface area contributed by atoms with E-state index in [-0.39, 0.29) is 12.0 Å². The van der Waals surface area contributed by atoms with Crippen LogP contribution in [0.3, 0.4) is 0 Å². The Balaban J connectivity index is 1.91. The third-order valence-electron chi connectivity index (χ3n) is 4.82. The zero-order chi connectivity index (χ0) is 21.0. The number of nitrogens with zero attached hydrogens (tertiary/aromatic N) is 2. The molecule has 3 rings (SSSR count). The van der Waals surface area contributed by atoms with E-state index in [1.807, 2.05) is 51.2 Å². The van der Waals surface area contributed by atoms with Gasteiger partial charge in [0.25, 0.3) is 0 Å². The number of rotatable bonds is 6. The van der Waals surface area contributed by atoms with E-state index in [9.17, 15) is 4.79 Å². The zero-order valence-corrected chi connectivity index (χ0v) is 17.7. The third kappa shape index (κ3) is 4.88. The van der Waals surface area contributed by atoms with Gasteiger partial charge in [0.05, 0.1) is 12.5 Å². The normalized spacial score (nSPS) is 12.6. The van der Waals surface area contributed by atoms with Crippen molar-refractivity contribution < 1.29 is 14.3 Å². The number of H-pyrrole nitrogens is 1. The van der Waals surface area contributed by atoms with Gasteiger partial charge < -0.3 is 19.4 Å². The first-order chi connectivity index (χ1) is 13.8. The molecule has 3 aromatic rings. The van der Waals surface area contributed by atoms with Gasteiger partial charge in [-0.25, -0.2) is 9.78 Å². The average molecular weight is 396 g/mol. The molecule has 0 radical (unpaired) electrons. The molecule has 0 aliphatic heterocycles. The SMILES string of the molecule is COc1ccnc2[nH]cc(C(CCN(C)C(=O)OC(C)(C)C)c3ccccc3)c12. The monoisotopic (exact) mass is 395 g/mol. The predicted molar refractivity (Wildman–Crippen MR) is 114 cm³/mol. The maximum absolute atomic E-state index is 12.4. The van der Waals surface area contributed by atoms with Gasteiger partial charge >= 0.3 is 6.09 Å². The molecule has 1 aromatic carbocycles. The Morgan fingerprint density at radius 2 is 1.93 bits per heavy atom. The maximum atomic E-state index is 12.4. The fourth-order valence-corrected chi connectivity index (χ4v) is 3.44. The predicted octanol–water partition coefficient (Wildman–Crippen LogP) is 4.96. The summed E-state index contributed by atoms with van der Waals surface area (Å²) in [6.45, 7) is 6.17. The molecule has 0 aliphatic carbocycles. The molecule has 6 heteroatoms. The van der Waals surface area contributed by atoms with Gasteiger partial charge in [-0.2, -0.15) is 0 Å². The Morgan fingerprint density at radius 1 is 1.21 bits per heavy atom. The van der Waals surface area contributed by atoms with Crippen LogP contribution in [0.5, 0.6) is 5.75 Å². The summed E-state index contributed by atoms with van der Waals surface area (Å²) >= 11 is 0. The molecular weight excluding hydrogens is 366 g/mol. The average Bonchev–Trinajstić information content (AvgIpc) is 3.11. The summed E-state index contributed by atoms with van der Waals surface area (Å²) in [5.74, 6) is 0.862. The van der Waals surface area contributed by atoms with Crippen molar-refractivity contribution in [3.63, 3.8) is 0 Å². The second kappa shape index (κ2) is 8.55. The highest BCUT2D eigenvalue weighted by Crippen LogP contribution is 2.37. The van der Waals surface area contributed by atoms with Gasteiger partial charge in [0.1, 0.15) is 17.0 Å². The Labute approximate surface area is 171 Å². The standard InChI is InChI=1S/C23H29N3O3/c1-23(2,3)29-22(27)26(4)14-12-17(16-9-7-6-8-10-16)18-15-25-21-20(18)19(28-5)11-13-24-21/h6-11,13,15,17H,12,14H2,1-5H3,(H,24,25). The molecule has 6 nitrogen and oxygen atoms in total. The van der Waals surface area contributed by atoms with Gasteiger partial charge in [0.2, 0.25) is 0 Å². The largest absolute Gasteiger partial charge is 0.496 e. The second-order valence-corrected chi connectivity index (χ2v) is 8.13. The van der Waals surface area contributed by atoms with E-state index >= 15 is 0 Å². The first-order valence-electron chi connectivity index (χ1n) is 9.79. The number of aromatic amines is 1. The molecule has 0 spiro atoms. The highest BCUT2D eigenvalue weighted by Gasteiger charge is 2.24. The van der Waals surface area contributed by atoms with E-state index in [1.54, 1.807) is 25.3 Å². The van der Waals surface area contributed by atoms with E-state index in [0.717, 1.165) is 28.8 Å². The Bertz CT molecular complexity index is 960.